The number of alkyl halides is 3. The summed E-state index contributed by atoms with van der Waals surface area (Å²) in [5.74, 6) is -2.28. The monoisotopic (exact) mass is 304 g/mol. The molecule has 1 amide bonds. The highest BCUT2D eigenvalue weighted by Crippen LogP contribution is 2.33. The molecule has 1 fully saturated rings. The molecule has 0 unspecified atom stereocenters. The van der Waals surface area contributed by atoms with Gasteiger partial charge < -0.3 is 10.6 Å². The molecule has 0 saturated carbocycles. The summed E-state index contributed by atoms with van der Waals surface area (Å²) in [7, 11) is 0. The van der Waals surface area contributed by atoms with Gasteiger partial charge in [0.15, 0.2) is 0 Å². The Hall–Kier alpha value is -1.63. The third-order valence-corrected chi connectivity index (χ3v) is 3.58. The van der Waals surface area contributed by atoms with E-state index in [1.807, 2.05) is 6.92 Å². The van der Waals surface area contributed by atoms with Crippen molar-refractivity contribution in [3.8, 4) is 0 Å². The van der Waals surface area contributed by atoms with Crippen molar-refractivity contribution in [1.82, 2.24) is 4.90 Å². The van der Waals surface area contributed by atoms with E-state index in [0.717, 1.165) is 18.6 Å². The Morgan fingerprint density at radius 1 is 1.38 bits per heavy atom. The molecule has 1 aliphatic rings. The zero-order valence-electron chi connectivity index (χ0n) is 11.5. The van der Waals surface area contributed by atoms with Crippen molar-refractivity contribution in [3.05, 3.63) is 35.1 Å². The van der Waals surface area contributed by atoms with E-state index in [9.17, 15) is 22.4 Å². The highest BCUT2D eigenvalue weighted by molar-refractivity contribution is 5.95. The first-order valence-corrected chi connectivity index (χ1v) is 6.62. The van der Waals surface area contributed by atoms with E-state index in [1.54, 1.807) is 0 Å². The molecule has 0 aromatic heterocycles. The predicted octanol–water partition coefficient (Wildman–Crippen LogP) is 2.80. The van der Waals surface area contributed by atoms with Crippen LogP contribution in [0.4, 0.5) is 17.6 Å². The SMILES string of the molecule is CCCC1(N)CN(C(=O)c2cccc(C(F)(F)F)c2F)C1. The predicted molar refractivity (Wildman–Crippen MR) is 69.1 cm³/mol. The van der Waals surface area contributed by atoms with Crippen LogP contribution in [0.3, 0.4) is 0 Å². The molecule has 0 radical (unpaired) electrons. The van der Waals surface area contributed by atoms with E-state index in [0.29, 0.717) is 12.5 Å². The van der Waals surface area contributed by atoms with Gasteiger partial charge in [-0.2, -0.15) is 13.2 Å². The maximum atomic E-state index is 13.9. The van der Waals surface area contributed by atoms with Gasteiger partial charge in [0, 0.05) is 13.1 Å². The minimum atomic E-state index is -4.82. The Kier molecular flexibility index (Phi) is 3.97. The van der Waals surface area contributed by atoms with Crippen LogP contribution in [0.5, 0.6) is 0 Å². The molecule has 0 aliphatic carbocycles. The van der Waals surface area contributed by atoms with Crippen molar-refractivity contribution >= 4 is 5.91 Å². The lowest BCUT2D eigenvalue weighted by molar-refractivity contribution is -0.140. The molecule has 0 bridgehead atoms. The largest absolute Gasteiger partial charge is 0.419 e. The molecule has 2 N–H and O–H groups in total. The average Bonchev–Trinajstić information content (AvgIpc) is 2.34. The van der Waals surface area contributed by atoms with Gasteiger partial charge in [-0.3, -0.25) is 4.79 Å². The number of likely N-dealkylation sites (tertiary alicyclic amines) is 1. The van der Waals surface area contributed by atoms with Gasteiger partial charge in [0.25, 0.3) is 5.91 Å². The molecular weight excluding hydrogens is 288 g/mol. The second kappa shape index (κ2) is 5.29. The Balaban J connectivity index is 2.19. The van der Waals surface area contributed by atoms with Crippen LogP contribution in [0.1, 0.15) is 35.7 Å². The summed E-state index contributed by atoms with van der Waals surface area (Å²) in [4.78, 5) is 13.4. The molecule has 0 spiro atoms. The highest BCUT2D eigenvalue weighted by atomic mass is 19.4. The van der Waals surface area contributed by atoms with E-state index < -0.39 is 34.6 Å². The van der Waals surface area contributed by atoms with E-state index in [-0.39, 0.29) is 13.1 Å². The summed E-state index contributed by atoms with van der Waals surface area (Å²) in [6, 6.07) is 2.70. The Morgan fingerprint density at radius 3 is 2.52 bits per heavy atom. The normalized spacial score (nSPS) is 17.5. The number of hydrogen-bond donors (Lipinski definition) is 1. The fourth-order valence-corrected chi connectivity index (χ4v) is 2.60. The minimum Gasteiger partial charge on any atom is -0.335 e. The molecule has 116 valence electrons. The third-order valence-electron chi connectivity index (χ3n) is 3.58. The van der Waals surface area contributed by atoms with Crippen molar-refractivity contribution in [1.29, 1.82) is 0 Å². The lowest BCUT2D eigenvalue weighted by atomic mass is 9.86. The highest BCUT2D eigenvalue weighted by Gasteiger charge is 2.43. The summed E-state index contributed by atoms with van der Waals surface area (Å²) in [6.45, 7) is 2.41. The molecule has 2 rings (SSSR count). The van der Waals surface area contributed by atoms with E-state index >= 15 is 0 Å². The van der Waals surface area contributed by atoms with Gasteiger partial charge in [-0.1, -0.05) is 19.4 Å². The summed E-state index contributed by atoms with van der Waals surface area (Å²) in [5, 5.41) is 0. The third kappa shape index (κ3) is 3.02. The van der Waals surface area contributed by atoms with Gasteiger partial charge in [0.2, 0.25) is 0 Å². The van der Waals surface area contributed by atoms with Crippen LogP contribution in [-0.4, -0.2) is 29.4 Å². The Bertz CT molecular complexity index is 550. The zero-order chi connectivity index (χ0) is 15.8. The number of rotatable bonds is 3. The lowest BCUT2D eigenvalue weighted by Gasteiger charge is -2.47. The van der Waals surface area contributed by atoms with E-state index in [2.05, 4.69) is 0 Å². The van der Waals surface area contributed by atoms with Crippen molar-refractivity contribution in [2.24, 2.45) is 5.73 Å². The quantitative estimate of drug-likeness (QED) is 0.873. The summed E-state index contributed by atoms with van der Waals surface area (Å²) in [6.07, 6.45) is -3.27. The van der Waals surface area contributed by atoms with E-state index in [1.165, 1.54) is 4.90 Å². The van der Waals surface area contributed by atoms with Crippen LogP contribution in [0, 0.1) is 5.82 Å². The summed E-state index contributed by atoms with van der Waals surface area (Å²) < 4.78 is 51.8. The molecule has 1 aliphatic heterocycles. The first kappa shape index (κ1) is 15.8. The van der Waals surface area contributed by atoms with Crippen LogP contribution in [-0.2, 0) is 6.18 Å². The van der Waals surface area contributed by atoms with Gasteiger partial charge in [-0.15, -0.1) is 0 Å². The number of carbonyl (C=O) groups is 1. The smallest absolute Gasteiger partial charge is 0.335 e. The average molecular weight is 304 g/mol. The maximum absolute atomic E-state index is 13.9. The molecule has 1 aromatic carbocycles. The number of amides is 1. The van der Waals surface area contributed by atoms with Crippen LogP contribution in [0.15, 0.2) is 18.2 Å². The molecule has 7 heteroatoms. The molecule has 1 aromatic rings. The van der Waals surface area contributed by atoms with E-state index in [4.69, 9.17) is 5.73 Å². The van der Waals surface area contributed by atoms with Gasteiger partial charge in [-0.25, -0.2) is 4.39 Å². The Labute approximate surface area is 119 Å². The number of nitrogens with zero attached hydrogens (tertiary/aromatic N) is 1. The van der Waals surface area contributed by atoms with Crippen molar-refractivity contribution in [2.45, 2.75) is 31.5 Å². The number of nitrogens with two attached hydrogens (primary N) is 1. The fraction of sp³-hybridized carbons (Fsp3) is 0.500. The molecule has 3 nitrogen and oxygen atoms in total. The van der Waals surface area contributed by atoms with Crippen LogP contribution in [0.25, 0.3) is 0 Å². The van der Waals surface area contributed by atoms with Gasteiger partial charge >= 0.3 is 6.18 Å². The second-order valence-electron chi connectivity index (χ2n) is 5.44. The van der Waals surface area contributed by atoms with Crippen LogP contribution in [0.2, 0.25) is 0 Å². The Morgan fingerprint density at radius 2 is 2.00 bits per heavy atom. The first-order valence-electron chi connectivity index (χ1n) is 6.62. The van der Waals surface area contributed by atoms with Gasteiger partial charge in [0.1, 0.15) is 5.82 Å². The standard InChI is InChI=1S/C14H16F4N2O/c1-2-6-13(19)7-20(8-13)12(21)9-4-3-5-10(11(9)15)14(16,17)18/h3-5H,2,6-8,19H2,1H3. The fourth-order valence-electron chi connectivity index (χ4n) is 2.60. The maximum Gasteiger partial charge on any atom is 0.419 e. The molecule has 0 atom stereocenters. The van der Waals surface area contributed by atoms with Gasteiger partial charge in [0.05, 0.1) is 16.7 Å². The van der Waals surface area contributed by atoms with Gasteiger partial charge in [-0.05, 0) is 18.6 Å². The number of carbonyl (C=O) groups excluding carboxylic acids is 1. The topological polar surface area (TPSA) is 46.3 Å². The second-order valence-corrected chi connectivity index (χ2v) is 5.44. The van der Waals surface area contributed by atoms with Crippen molar-refractivity contribution in [3.63, 3.8) is 0 Å². The first-order chi connectivity index (χ1) is 9.68. The number of hydrogen-bond acceptors (Lipinski definition) is 2. The van der Waals surface area contributed by atoms with Crippen LogP contribution < -0.4 is 5.73 Å². The number of benzene rings is 1. The molecular formula is C14H16F4N2O. The summed E-state index contributed by atoms with van der Waals surface area (Å²) >= 11 is 0. The number of halogens is 4. The molecule has 1 heterocycles. The van der Waals surface area contributed by atoms with Crippen molar-refractivity contribution < 1.29 is 22.4 Å². The van der Waals surface area contributed by atoms with Crippen LogP contribution >= 0.6 is 0 Å². The molecule has 1 saturated heterocycles. The van der Waals surface area contributed by atoms with Crippen molar-refractivity contribution in [2.75, 3.05) is 13.1 Å². The summed E-state index contributed by atoms with van der Waals surface area (Å²) in [5.41, 5.74) is 3.48. The molecule has 21 heavy (non-hydrogen) atoms. The lowest BCUT2D eigenvalue weighted by Crippen LogP contribution is -2.68. The minimum absolute atomic E-state index is 0.232. The zero-order valence-corrected chi connectivity index (χ0v) is 11.5.